The maximum absolute atomic E-state index is 11.8. The van der Waals surface area contributed by atoms with Gasteiger partial charge >= 0.3 is 6.09 Å². The number of unbranched alkanes of at least 4 members (excludes halogenated alkanes) is 6. The van der Waals surface area contributed by atoms with Gasteiger partial charge in [-0.3, -0.25) is 4.55 Å². The van der Waals surface area contributed by atoms with Crippen LogP contribution < -0.4 is 5.32 Å². The van der Waals surface area contributed by atoms with Gasteiger partial charge in [0.25, 0.3) is 10.1 Å². The van der Waals surface area contributed by atoms with Crippen LogP contribution in [0, 0.1) is 0 Å². The minimum absolute atomic E-state index is 0.00585. The molecule has 178 valence electrons. The molecule has 0 saturated carbocycles. The zero-order valence-electron chi connectivity index (χ0n) is 18.3. The van der Waals surface area contributed by atoms with Crippen molar-refractivity contribution >= 4 is 16.2 Å². The van der Waals surface area contributed by atoms with Gasteiger partial charge in [-0.15, -0.1) is 0 Å². The van der Waals surface area contributed by atoms with Crippen molar-refractivity contribution in [1.29, 1.82) is 0 Å². The lowest BCUT2D eigenvalue weighted by Crippen LogP contribution is -2.37. The minimum Gasteiger partial charge on any atom is -0.447 e. The zero-order chi connectivity index (χ0) is 22.5. The molecule has 9 nitrogen and oxygen atoms in total. The summed E-state index contributed by atoms with van der Waals surface area (Å²) in [5.41, 5.74) is 0. The summed E-state index contributed by atoms with van der Waals surface area (Å²) in [5.74, 6) is -1.47. The predicted molar refractivity (Wildman–Crippen MR) is 113 cm³/mol. The van der Waals surface area contributed by atoms with Gasteiger partial charge < -0.3 is 24.6 Å². The van der Waals surface area contributed by atoms with E-state index in [0.717, 1.165) is 51.4 Å². The van der Waals surface area contributed by atoms with Gasteiger partial charge in [-0.2, -0.15) is 8.42 Å². The van der Waals surface area contributed by atoms with Crippen molar-refractivity contribution in [3.8, 4) is 0 Å². The van der Waals surface area contributed by atoms with Gasteiger partial charge in [0.15, 0.2) is 5.79 Å². The van der Waals surface area contributed by atoms with Crippen LogP contribution in [0.4, 0.5) is 4.79 Å². The quantitative estimate of drug-likeness (QED) is 0.240. The summed E-state index contributed by atoms with van der Waals surface area (Å²) in [5, 5.41) is 11.7. The van der Waals surface area contributed by atoms with E-state index in [4.69, 9.17) is 18.8 Å². The highest BCUT2D eigenvalue weighted by Gasteiger charge is 2.40. The number of ether oxygens (including phenoxy) is 3. The fraction of sp³-hybridized carbons (Fsp3) is 0.950. The largest absolute Gasteiger partial charge is 0.447 e. The number of alkyl carbamates (subject to hydrolysis) is 1. The molecule has 2 unspecified atom stereocenters. The summed E-state index contributed by atoms with van der Waals surface area (Å²) in [4.78, 5) is 11.8. The molecule has 1 aliphatic rings. The number of hydrogen-bond acceptors (Lipinski definition) is 7. The number of nitrogens with one attached hydrogen (secondary N) is 1. The highest BCUT2D eigenvalue weighted by Crippen LogP contribution is 2.34. The minimum atomic E-state index is -4.31. The SMILES string of the molecule is CCCCCCC1(CCCCCC)OCC(COC(=O)NCC(O)CS(=O)(=O)O)O1. The number of carbonyl (C=O) groups is 1. The molecule has 1 saturated heterocycles. The van der Waals surface area contributed by atoms with Crippen LogP contribution in [0.5, 0.6) is 0 Å². The Hall–Kier alpha value is -0.940. The topological polar surface area (TPSA) is 131 Å². The third kappa shape index (κ3) is 12.0. The maximum atomic E-state index is 11.8. The van der Waals surface area contributed by atoms with Crippen LogP contribution in [0.15, 0.2) is 0 Å². The first-order chi connectivity index (χ1) is 14.2. The average molecular weight is 454 g/mol. The van der Waals surface area contributed by atoms with Crippen LogP contribution in [0.1, 0.15) is 78.1 Å². The molecule has 0 aromatic carbocycles. The van der Waals surface area contributed by atoms with Crippen LogP contribution in [0.25, 0.3) is 0 Å². The first-order valence-electron chi connectivity index (χ1n) is 11.1. The second-order valence-corrected chi connectivity index (χ2v) is 9.46. The lowest BCUT2D eigenvalue weighted by atomic mass is 10.00. The normalized spacial score (nSPS) is 19.5. The number of rotatable bonds is 16. The van der Waals surface area contributed by atoms with Gasteiger partial charge in [0.05, 0.1) is 12.7 Å². The molecule has 1 amide bonds. The monoisotopic (exact) mass is 453 g/mol. The molecule has 0 radical (unpaired) electrons. The van der Waals surface area contributed by atoms with Crippen LogP contribution in [0.2, 0.25) is 0 Å². The Morgan fingerprint density at radius 3 is 2.27 bits per heavy atom. The average Bonchev–Trinajstić information content (AvgIpc) is 3.08. The molecular weight excluding hydrogens is 414 g/mol. The van der Waals surface area contributed by atoms with E-state index in [2.05, 4.69) is 19.2 Å². The Kier molecular flexibility index (Phi) is 12.8. The lowest BCUT2D eigenvalue weighted by Gasteiger charge is -2.28. The Morgan fingerprint density at radius 2 is 1.73 bits per heavy atom. The van der Waals surface area contributed by atoms with E-state index in [1.807, 2.05) is 0 Å². The van der Waals surface area contributed by atoms with Gasteiger partial charge in [-0.25, -0.2) is 4.79 Å². The molecule has 1 fully saturated rings. The molecule has 1 aliphatic heterocycles. The third-order valence-corrected chi connectivity index (χ3v) is 5.83. The molecule has 10 heteroatoms. The molecule has 0 aliphatic carbocycles. The molecule has 2 atom stereocenters. The van der Waals surface area contributed by atoms with E-state index in [1.165, 1.54) is 12.8 Å². The van der Waals surface area contributed by atoms with E-state index >= 15 is 0 Å². The summed E-state index contributed by atoms with van der Waals surface area (Å²) in [6.07, 6.45) is 8.08. The van der Waals surface area contributed by atoms with Crippen molar-refractivity contribution in [1.82, 2.24) is 5.32 Å². The Labute approximate surface area is 180 Å². The molecule has 0 aromatic rings. The number of hydrogen-bond donors (Lipinski definition) is 3. The smallest absolute Gasteiger partial charge is 0.407 e. The molecule has 3 N–H and O–H groups in total. The van der Waals surface area contributed by atoms with E-state index in [0.29, 0.717) is 6.61 Å². The van der Waals surface area contributed by atoms with Crippen molar-refractivity contribution in [2.24, 2.45) is 0 Å². The highest BCUT2D eigenvalue weighted by atomic mass is 32.2. The Bertz CT molecular complexity index is 571. The number of carbonyl (C=O) groups excluding carboxylic acids is 1. The first kappa shape index (κ1) is 27.1. The molecule has 1 heterocycles. The van der Waals surface area contributed by atoms with Crippen molar-refractivity contribution < 1.29 is 37.1 Å². The van der Waals surface area contributed by atoms with E-state index in [9.17, 15) is 18.3 Å². The van der Waals surface area contributed by atoms with E-state index in [-0.39, 0.29) is 19.3 Å². The lowest BCUT2D eigenvalue weighted by molar-refractivity contribution is -0.182. The summed E-state index contributed by atoms with van der Waals surface area (Å²) < 4.78 is 47.4. The highest BCUT2D eigenvalue weighted by molar-refractivity contribution is 7.85. The molecule has 0 bridgehead atoms. The summed E-state index contributed by atoms with van der Waals surface area (Å²) in [6, 6.07) is 0. The fourth-order valence-corrected chi connectivity index (χ4v) is 4.06. The molecule has 0 aromatic heterocycles. The fourth-order valence-electron chi connectivity index (χ4n) is 3.45. The second-order valence-electron chi connectivity index (χ2n) is 7.96. The van der Waals surface area contributed by atoms with Gasteiger partial charge in [0.1, 0.15) is 18.5 Å². The molecule has 30 heavy (non-hydrogen) atoms. The Balaban J connectivity index is 2.40. The van der Waals surface area contributed by atoms with Gasteiger partial charge in [0, 0.05) is 19.4 Å². The van der Waals surface area contributed by atoms with Gasteiger partial charge in [-0.05, 0) is 12.8 Å². The molecule has 1 rings (SSSR count). The van der Waals surface area contributed by atoms with Crippen molar-refractivity contribution in [2.75, 3.05) is 25.5 Å². The number of amides is 1. The van der Waals surface area contributed by atoms with E-state index in [1.54, 1.807) is 0 Å². The van der Waals surface area contributed by atoms with Crippen molar-refractivity contribution in [3.63, 3.8) is 0 Å². The van der Waals surface area contributed by atoms with Gasteiger partial charge in [0.2, 0.25) is 0 Å². The zero-order valence-corrected chi connectivity index (χ0v) is 19.1. The summed E-state index contributed by atoms with van der Waals surface area (Å²) >= 11 is 0. The standard InChI is InChI=1S/C20H39NO8S/c1-3-5-7-9-11-20(12-10-8-6-4-2)28-15-18(29-20)14-27-19(23)21-13-17(22)16-30(24,25)26/h17-18,22H,3-16H2,1-2H3,(H,21,23)(H,24,25,26). The molecule has 0 spiro atoms. The van der Waals surface area contributed by atoms with Crippen LogP contribution in [-0.4, -0.2) is 67.7 Å². The van der Waals surface area contributed by atoms with Gasteiger partial charge in [-0.1, -0.05) is 52.4 Å². The van der Waals surface area contributed by atoms with Crippen molar-refractivity contribution in [3.05, 3.63) is 0 Å². The third-order valence-electron chi connectivity index (χ3n) is 5.02. The van der Waals surface area contributed by atoms with Crippen LogP contribution in [-0.2, 0) is 24.3 Å². The van der Waals surface area contributed by atoms with Crippen LogP contribution >= 0.6 is 0 Å². The maximum Gasteiger partial charge on any atom is 0.407 e. The summed E-state index contributed by atoms with van der Waals surface area (Å²) in [6.45, 7) is 4.35. The Morgan fingerprint density at radius 1 is 1.13 bits per heavy atom. The van der Waals surface area contributed by atoms with E-state index < -0.39 is 33.9 Å². The predicted octanol–water partition coefficient (Wildman–Crippen LogP) is 3.01. The second kappa shape index (κ2) is 14.2. The first-order valence-corrected chi connectivity index (χ1v) is 12.7. The number of aliphatic hydroxyl groups is 1. The molecular formula is C20H39NO8S. The van der Waals surface area contributed by atoms with Crippen molar-refractivity contribution in [2.45, 2.75) is 96.1 Å². The number of aliphatic hydroxyl groups excluding tert-OH is 1. The summed E-state index contributed by atoms with van der Waals surface area (Å²) in [7, 11) is -4.31. The van der Waals surface area contributed by atoms with Crippen LogP contribution in [0.3, 0.4) is 0 Å².